The van der Waals surface area contributed by atoms with Crippen LogP contribution in [0.4, 0.5) is 0 Å². The standard InChI is InChI=1S/C21H15ClN2O2/c22-19-14-8-7-13-18(19)15-23-24(20(25)16-9-3-1-4-10-16)21(26)17-11-5-2-6-12-17/h1-15H. The minimum Gasteiger partial charge on any atom is -0.267 e. The van der Waals surface area contributed by atoms with Crippen LogP contribution in [0.5, 0.6) is 0 Å². The van der Waals surface area contributed by atoms with Crippen LogP contribution in [0.25, 0.3) is 0 Å². The van der Waals surface area contributed by atoms with Crippen molar-refractivity contribution in [3.05, 3.63) is 107 Å². The molecule has 0 spiro atoms. The first-order valence-electron chi connectivity index (χ1n) is 7.94. The second-order valence-electron chi connectivity index (χ2n) is 5.42. The van der Waals surface area contributed by atoms with Gasteiger partial charge >= 0.3 is 0 Å². The highest BCUT2D eigenvalue weighted by Gasteiger charge is 2.23. The van der Waals surface area contributed by atoms with Gasteiger partial charge in [0.15, 0.2) is 0 Å². The van der Waals surface area contributed by atoms with Crippen LogP contribution in [-0.4, -0.2) is 23.0 Å². The largest absolute Gasteiger partial charge is 0.281 e. The van der Waals surface area contributed by atoms with Gasteiger partial charge in [0.2, 0.25) is 0 Å². The lowest BCUT2D eigenvalue weighted by Crippen LogP contribution is -2.32. The Morgan fingerprint density at radius 1 is 0.731 bits per heavy atom. The van der Waals surface area contributed by atoms with Gasteiger partial charge in [-0.3, -0.25) is 9.59 Å². The summed E-state index contributed by atoms with van der Waals surface area (Å²) in [5.74, 6) is -1.02. The monoisotopic (exact) mass is 362 g/mol. The maximum Gasteiger partial charge on any atom is 0.281 e. The number of hydrogen-bond acceptors (Lipinski definition) is 3. The molecule has 128 valence electrons. The summed E-state index contributed by atoms with van der Waals surface area (Å²) in [6.45, 7) is 0. The lowest BCUT2D eigenvalue weighted by molar-refractivity contribution is 0.0622. The first-order chi connectivity index (χ1) is 12.7. The first kappa shape index (κ1) is 17.6. The fourth-order valence-electron chi connectivity index (χ4n) is 2.30. The predicted molar refractivity (Wildman–Crippen MR) is 102 cm³/mol. The molecule has 4 nitrogen and oxygen atoms in total. The molecule has 0 saturated heterocycles. The molecule has 0 aliphatic rings. The molecule has 0 fully saturated rings. The van der Waals surface area contributed by atoms with E-state index in [-0.39, 0.29) is 0 Å². The zero-order chi connectivity index (χ0) is 18.4. The summed E-state index contributed by atoms with van der Waals surface area (Å²) < 4.78 is 0. The summed E-state index contributed by atoms with van der Waals surface area (Å²) in [5.41, 5.74) is 1.35. The van der Waals surface area contributed by atoms with E-state index in [0.717, 1.165) is 5.01 Å². The van der Waals surface area contributed by atoms with E-state index >= 15 is 0 Å². The highest BCUT2D eigenvalue weighted by atomic mass is 35.5. The maximum atomic E-state index is 12.8. The van der Waals surface area contributed by atoms with E-state index in [4.69, 9.17) is 11.6 Å². The fourth-order valence-corrected chi connectivity index (χ4v) is 2.49. The van der Waals surface area contributed by atoms with E-state index in [1.165, 1.54) is 6.21 Å². The van der Waals surface area contributed by atoms with Gasteiger partial charge in [-0.25, -0.2) is 0 Å². The third-order valence-corrected chi connectivity index (χ3v) is 3.99. The minimum atomic E-state index is -0.511. The topological polar surface area (TPSA) is 49.7 Å². The number of halogens is 1. The van der Waals surface area contributed by atoms with Crippen molar-refractivity contribution in [1.29, 1.82) is 0 Å². The Morgan fingerprint density at radius 2 is 1.19 bits per heavy atom. The Morgan fingerprint density at radius 3 is 1.69 bits per heavy atom. The number of carbonyl (C=O) groups is 2. The normalized spacial score (nSPS) is 10.7. The molecule has 0 aliphatic carbocycles. The molecule has 0 atom stereocenters. The summed E-state index contributed by atoms with van der Waals surface area (Å²) in [4.78, 5) is 25.6. The van der Waals surface area contributed by atoms with Crippen LogP contribution in [0.3, 0.4) is 0 Å². The smallest absolute Gasteiger partial charge is 0.267 e. The third-order valence-electron chi connectivity index (χ3n) is 3.64. The average Bonchev–Trinajstić information content (AvgIpc) is 2.70. The molecule has 26 heavy (non-hydrogen) atoms. The van der Waals surface area contributed by atoms with E-state index in [9.17, 15) is 9.59 Å². The van der Waals surface area contributed by atoms with Gasteiger partial charge in [0.25, 0.3) is 11.8 Å². The number of hydrazone groups is 1. The van der Waals surface area contributed by atoms with Gasteiger partial charge in [-0.2, -0.15) is 10.1 Å². The van der Waals surface area contributed by atoms with Crippen molar-refractivity contribution in [2.45, 2.75) is 0 Å². The summed E-state index contributed by atoms with van der Waals surface area (Å²) in [5, 5.41) is 5.47. The highest BCUT2D eigenvalue weighted by molar-refractivity contribution is 6.33. The van der Waals surface area contributed by atoms with Crippen molar-refractivity contribution < 1.29 is 9.59 Å². The van der Waals surface area contributed by atoms with Crippen molar-refractivity contribution in [3.8, 4) is 0 Å². The number of rotatable bonds is 4. The fraction of sp³-hybridized carbons (Fsp3) is 0. The van der Waals surface area contributed by atoms with Gasteiger partial charge in [-0.05, 0) is 30.3 Å². The number of imide groups is 1. The molecule has 0 saturated carbocycles. The van der Waals surface area contributed by atoms with E-state index in [1.54, 1.807) is 84.9 Å². The quantitative estimate of drug-likeness (QED) is 0.385. The van der Waals surface area contributed by atoms with Crippen LogP contribution in [0.2, 0.25) is 5.02 Å². The SMILES string of the molecule is O=C(c1ccccc1)N(N=Cc1ccccc1Cl)C(=O)c1ccccc1. The zero-order valence-corrected chi connectivity index (χ0v) is 14.5. The number of carbonyl (C=O) groups excluding carboxylic acids is 2. The summed E-state index contributed by atoms with van der Waals surface area (Å²) in [6, 6.07) is 24.1. The van der Waals surface area contributed by atoms with Gasteiger partial charge in [0.1, 0.15) is 0 Å². The van der Waals surface area contributed by atoms with Crippen LogP contribution in [0.15, 0.2) is 90.0 Å². The molecule has 0 bridgehead atoms. The molecular formula is C21H15ClN2O2. The van der Waals surface area contributed by atoms with Crippen molar-refractivity contribution >= 4 is 29.6 Å². The van der Waals surface area contributed by atoms with Crippen molar-refractivity contribution in [2.75, 3.05) is 0 Å². The lowest BCUT2D eigenvalue weighted by Gasteiger charge is -2.15. The second kappa shape index (κ2) is 8.23. The Labute approximate surface area is 156 Å². The molecule has 0 aliphatic heterocycles. The van der Waals surface area contributed by atoms with Gasteiger partial charge in [0, 0.05) is 21.7 Å². The molecule has 3 aromatic rings. The van der Waals surface area contributed by atoms with E-state index < -0.39 is 11.8 Å². The molecule has 2 amide bonds. The van der Waals surface area contributed by atoms with E-state index in [0.29, 0.717) is 21.7 Å². The minimum absolute atomic E-state index is 0.369. The average molecular weight is 363 g/mol. The van der Waals surface area contributed by atoms with Crippen molar-refractivity contribution in [3.63, 3.8) is 0 Å². The number of nitrogens with zero attached hydrogens (tertiary/aromatic N) is 2. The third kappa shape index (κ3) is 4.05. The Kier molecular flexibility index (Phi) is 5.56. The maximum absolute atomic E-state index is 12.8. The molecule has 3 rings (SSSR count). The zero-order valence-electron chi connectivity index (χ0n) is 13.7. The van der Waals surface area contributed by atoms with Crippen LogP contribution in [0, 0.1) is 0 Å². The summed E-state index contributed by atoms with van der Waals surface area (Å²) in [7, 11) is 0. The van der Waals surface area contributed by atoms with E-state index in [2.05, 4.69) is 5.10 Å². The predicted octanol–water partition coefficient (Wildman–Crippen LogP) is 4.66. The van der Waals surface area contributed by atoms with Crippen LogP contribution in [0.1, 0.15) is 26.3 Å². The lowest BCUT2D eigenvalue weighted by atomic mass is 10.1. The molecule has 0 aromatic heterocycles. The van der Waals surface area contributed by atoms with Crippen LogP contribution < -0.4 is 0 Å². The van der Waals surface area contributed by atoms with Gasteiger partial charge in [0.05, 0.1) is 6.21 Å². The molecular weight excluding hydrogens is 348 g/mol. The Bertz CT molecular complexity index is 889. The van der Waals surface area contributed by atoms with Crippen molar-refractivity contribution in [1.82, 2.24) is 5.01 Å². The highest BCUT2D eigenvalue weighted by Crippen LogP contribution is 2.15. The van der Waals surface area contributed by atoms with Gasteiger partial charge in [-0.15, -0.1) is 0 Å². The Hall–Kier alpha value is -3.24. The molecule has 0 N–H and O–H groups in total. The number of hydrogen-bond donors (Lipinski definition) is 0. The number of benzene rings is 3. The molecule has 3 aromatic carbocycles. The summed E-state index contributed by atoms with van der Waals surface area (Å²) >= 11 is 6.12. The molecule has 0 radical (unpaired) electrons. The first-order valence-corrected chi connectivity index (χ1v) is 8.32. The van der Waals surface area contributed by atoms with Crippen molar-refractivity contribution in [2.24, 2.45) is 5.10 Å². The van der Waals surface area contributed by atoms with Gasteiger partial charge < -0.3 is 0 Å². The summed E-state index contributed by atoms with van der Waals surface area (Å²) in [6.07, 6.45) is 1.41. The molecule has 5 heteroatoms. The van der Waals surface area contributed by atoms with Crippen LogP contribution in [-0.2, 0) is 0 Å². The molecule has 0 unspecified atom stereocenters. The second-order valence-corrected chi connectivity index (χ2v) is 5.83. The van der Waals surface area contributed by atoms with Crippen LogP contribution >= 0.6 is 11.6 Å². The van der Waals surface area contributed by atoms with Gasteiger partial charge in [-0.1, -0.05) is 66.2 Å². The number of amides is 2. The van der Waals surface area contributed by atoms with E-state index in [1.807, 2.05) is 0 Å². The molecule has 0 heterocycles. The Balaban J connectivity index is 1.97.